The lowest BCUT2D eigenvalue weighted by molar-refractivity contribution is 0.238. The van der Waals surface area contributed by atoms with Crippen molar-refractivity contribution < 1.29 is 4.79 Å². The molecule has 94 valence electrons. The molecule has 1 rings (SSSR count). The van der Waals surface area contributed by atoms with E-state index < -0.39 is 0 Å². The van der Waals surface area contributed by atoms with Crippen LogP contribution in [0.4, 0.5) is 4.79 Å². The maximum atomic E-state index is 11.4. The second-order valence-electron chi connectivity index (χ2n) is 4.56. The van der Waals surface area contributed by atoms with Gasteiger partial charge in [0.1, 0.15) is 0 Å². The molecule has 0 spiro atoms. The van der Waals surface area contributed by atoms with Crippen LogP contribution in [0.5, 0.6) is 0 Å². The molecule has 3 N–H and O–H groups in total. The van der Waals surface area contributed by atoms with Crippen LogP contribution in [-0.2, 0) is 0 Å². The van der Waals surface area contributed by atoms with E-state index >= 15 is 0 Å². The Labute approximate surface area is 98.6 Å². The molecule has 0 bridgehead atoms. The first-order valence-electron chi connectivity index (χ1n) is 6.55. The molecule has 2 amide bonds. The summed E-state index contributed by atoms with van der Waals surface area (Å²) in [4.78, 5) is 11.4. The highest BCUT2D eigenvalue weighted by molar-refractivity contribution is 5.73. The van der Waals surface area contributed by atoms with Gasteiger partial charge in [-0.1, -0.05) is 19.8 Å². The minimum absolute atomic E-state index is 0.0160. The average Bonchev–Trinajstić information content (AvgIpc) is 2.55. The molecule has 0 saturated carbocycles. The van der Waals surface area contributed by atoms with Crippen molar-refractivity contribution in [2.45, 2.75) is 39.0 Å². The summed E-state index contributed by atoms with van der Waals surface area (Å²) in [6.45, 7) is 5.86. The topological polar surface area (TPSA) is 53.2 Å². The molecule has 0 aromatic heterocycles. The molecule has 1 aliphatic heterocycles. The number of amides is 2. The van der Waals surface area contributed by atoms with E-state index in [4.69, 9.17) is 0 Å². The molecule has 0 aliphatic carbocycles. The lowest BCUT2D eigenvalue weighted by atomic mass is 10.0. The molecular formula is C12H25N3O. The van der Waals surface area contributed by atoms with Gasteiger partial charge in [-0.3, -0.25) is 0 Å². The van der Waals surface area contributed by atoms with Crippen LogP contribution in [0.15, 0.2) is 0 Å². The van der Waals surface area contributed by atoms with E-state index in [0.717, 1.165) is 39.0 Å². The predicted molar refractivity (Wildman–Crippen MR) is 66.5 cm³/mol. The highest BCUT2D eigenvalue weighted by Gasteiger charge is 2.12. The Hall–Kier alpha value is -0.770. The molecule has 1 heterocycles. The third kappa shape index (κ3) is 5.95. The second kappa shape index (κ2) is 8.39. The van der Waals surface area contributed by atoms with E-state index in [-0.39, 0.29) is 6.03 Å². The highest BCUT2D eigenvalue weighted by Crippen LogP contribution is 2.09. The van der Waals surface area contributed by atoms with Crippen molar-refractivity contribution in [1.82, 2.24) is 16.0 Å². The van der Waals surface area contributed by atoms with Gasteiger partial charge in [-0.25, -0.2) is 4.79 Å². The summed E-state index contributed by atoms with van der Waals surface area (Å²) in [5, 5.41) is 9.22. The average molecular weight is 227 g/mol. The van der Waals surface area contributed by atoms with E-state index in [1.807, 2.05) is 0 Å². The van der Waals surface area contributed by atoms with Crippen LogP contribution in [0.3, 0.4) is 0 Å². The zero-order valence-corrected chi connectivity index (χ0v) is 10.3. The number of nitrogens with one attached hydrogen (secondary N) is 3. The van der Waals surface area contributed by atoms with E-state index in [1.165, 1.54) is 19.3 Å². The van der Waals surface area contributed by atoms with Crippen molar-refractivity contribution in [2.75, 3.05) is 26.2 Å². The minimum Gasteiger partial charge on any atom is -0.338 e. The lowest BCUT2D eigenvalue weighted by Crippen LogP contribution is -2.40. The molecule has 1 aliphatic rings. The number of hydrogen-bond acceptors (Lipinski definition) is 2. The van der Waals surface area contributed by atoms with Gasteiger partial charge in [-0.15, -0.1) is 0 Å². The molecule has 16 heavy (non-hydrogen) atoms. The monoisotopic (exact) mass is 227 g/mol. The van der Waals surface area contributed by atoms with Gasteiger partial charge in [-0.05, 0) is 38.3 Å². The maximum absolute atomic E-state index is 11.4. The Morgan fingerprint density at radius 2 is 2.25 bits per heavy atom. The highest BCUT2D eigenvalue weighted by atomic mass is 16.2. The number of urea groups is 1. The molecule has 0 aromatic carbocycles. The summed E-state index contributed by atoms with van der Waals surface area (Å²) in [7, 11) is 0. The molecule has 0 aromatic rings. The molecular weight excluding hydrogens is 202 g/mol. The number of carbonyl (C=O) groups is 1. The quantitative estimate of drug-likeness (QED) is 0.623. The number of carbonyl (C=O) groups excluding carboxylic acids is 1. The Bertz CT molecular complexity index is 189. The molecule has 4 heteroatoms. The molecule has 1 saturated heterocycles. The number of rotatable bonds is 5. The first-order chi connectivity index (χ1) is 7.83. The van der Waals surface area contributed by atoms with E-state index in [2.05, 4.69) is 22.9 Å². The summed E-state index contributed by atoms with van der Waals surface area (Å²) in [5.74, 6) is 0.597. The van der Waals surface area contributed by atoms with Gasteiger partial charge in [0.2, 0.25) is 0 Å². The van der Waals surface area contributed by atoms with Crippen molar-refractivity contribution in [3.8, 4) is 0 Å². The fourth-order valence-corrected chi connectivity index (χ4v) is 1.94. The van der Waals surface area contributed by atoms with Crippen molar-refractivity contribution in [3.05, 3.63) is 0 Å². The Morgan fingerprint density at radius 1 is 1.38 bits per heavy atom. The largest absolute Gasteiger partial charge is 0.338 e. The molecule has 1 fully saturated rings. The predicted octanol–water partition coefficient (Wildman–Crippen LogP) is 1.48. The minimum atomic E-state index is -0.0160. The van der Waals surface area contributed by atoms with Crippen molar-refractivity contribution >= 4 is 6.03 Å². The van der Waals surface area contributed by atoms with E-state index in [9.17, 15) is 4.79 Å². The summed E-state index contributed by atoms with van der Waals surface area (Å²) >= 11 is 0. The van der Waals surface area contributed by atoms with Gasteiger partial charge >= 0.3 is 6.03 Å². The fourth-order valence-electron chi connectivity index (χ4n) is 1.94. The van der Waals surface area contributed by atoms with Crippen molar-refractivity contribution in [3.63, 3.8) is 0 Å². The van der Waals surface area contributed by atoms with Crippen LogP contribution in [0.1, 0.15) is 39.0 Å². The van der Waals surface area contributed by atoms with Crippen molar-refractivity contribution in [2.24, 2.45) is 5.92 Å². The molecule has 4 nitrogen and oxygen atoms in total. The van der Waals surface area contributed by atoms with E-state index in [1.54, 1.807) is 0 Å². The van der Waals surface area contributed by atoms with Crippen LogP contribution in [0.25, 0.3) is 0 Å². The van der Waals surface area contributed by atoms with Gasteiger partial charge < -0.3 is 16.0 Å². The zero-order chi connectivity index (χ0) is 11.6. The molecule has 1 unspecified atom stereocenters. The summed E-state index contributed by atoms with van der Waals surface area (Å²) in [6, 6.07) is -0.0160. The first-order valence-corrected chi connectivity index (χ1v) is 6.55. The van der Waals surface area contributed by atoms with Crippen LogP contribution in [0, 0.1) is 5.92 Å². The van der Waals surface area contributed by atoms with Gasteiger partial charge in [0.15, 0.2) is 0 Å². The molecule has 1 atom stereocenters. The van der Waals surface area contributed by atoms with Gasteiger partial charge in [0, 0.05) is 13.1 Å². The van der Waals surface area contributed by atoms with Gasteiger partial charge in [0.05, 0.1) is 0 Å². The third-order valence-corrected chi connectivity index (χ3v) is 3.02. The lowest BCUT2D eigenvalue weighted by Gasteiger charge is -2.15. The number of unbranched alkanes of at least 4 members (excludes halogenated alkanes) is 1. The fraction of sp³-hybridized carbons (Fsp3) is 0.917. The normalized spacial score (nSPS) is 21.2. The standard InChI is InChI=1S/C12H25N3O/c1-2-3-8-14-12(16)15-10-11-6-4-5-7-13-9-11/h11,13H,2-10H2,1H3,(H2,14,15,16). The second-order valence-corrected chi connectivity index (χ2v) is 4.56. The smallest absolute Gasteiger partial charge is 0.314 e. The maximum Gasteiger partial charge on any atom is 0.314 e. The summed E-state index contributed by atoms with van der Waals surface area (Å²) in [5.41, 5.74) is 0. The third-order valence-electron chi connectivity index (χ3n) is 3.02. The molecule has 0 radical (unpaired) electrons. The van der Waals surface area contributed by atoms with Crippen LogP contribution in [0.2, 0.25) is 0 Å². The van der Waals surface area contributed by atoms with Crippen LogP contribution >= 0.6 is 0 Å². The summed E-state index contributed by atoms with van der Waals surface area (Å²) < 4.78 is 0. The zero-order valence-electron chi connectivity index (χ0n) is 10.3. The van der Waals surface area contributed by atoms with Crippen LogP contribution < -0.4 is 16.0 Å². The van der Waals surface area contributed by atoms with Gasteiger partial charge in [0.25, 0.3) is 0 Å². The Kier molecular flexibility index (Phi) is 6.97. The number of hydrogen-bond donors (Lipinski definition) is 3. The summed E-state index contributed by atoms with van der Waals surface area (Å²) in [6.07, 6.45) is 5.93. The SMILES string of the molecule is CCCCNC(=O)NCC1CCCCNC1. The van der Waals surface area contributed by atoms with E-state index in [0.29, 0.717) is 5.92 Å². The van der Waals surface area contributed by atoms with Crippen molar-refractivity contribution in [1.29, 1.82) is 0 Å². The first kappa shape index (κ1) is 13.3. The van der Waals surface area contributed by atoms with Crippen LogP contribution in [-0.4, -0.2) is 32.2 Å². The Morgan fingerprint density at radius 3 is 3.06 bits per heavy atom. The van der Waals surface area contributed by atoms with Gasteiger partial charge in [-0.2, -0.15) is 0 Å². The Balaban J connectivity index is 2.05.